The Morgan fingerprint density at radius 1 is 0.926 bits per heavy atom. The molecule has 2 atom stereocenters. The fourth-order valence-corrected chi connectivity index (χ4v) is 4.69. The van der Waals surface area contributed by atoms with Crippen LogP contribution in [0.5, 0.6) is 0 Å². The van der Waals surface area contributed by atoms with E-state index in [1.807, 2.05) is 12.1 Å². The Labute approximate surface area is 160 Å². The highest BCUT2D eigenvalue weighted by molar-refractivity contribution is 6.74. The number of rotatable bonds is 3. The molecule has 2 aromatic carbocycles. The number of hydrogen-bond acceptors (Lipinski definition) is 1. The molecule has 0 amide bonds. The molecule has 146 valence electrons. The fraction of sp³-hybridized carbons (Fsp3) is 0.455. The average molecular weight is 393 g/mol. The molecule has 1 aliphatic rings. The van der Waals surface area contributed by atoms with Crippen molar-refractivity contribution in [2.75, 3.05) is 0 Å². The first-order chi connectivity index (χ1) is 12.4. The van der Waals surface area contributed by atoms with E-state index in [1.54, 1.807) is 12.1 Å². The van der Waals surface area contributed by atoms with Crippen LogP contribution in [0.1, 0.15) is 55.0 Å². The van der Waals surface area contributed by atoms with Crippen LogP contribution < -0.4 is 0 Å². The Balaban J connectivity index is 1.97. The van der Waals surface area contributed by atoms with E-state index in [0.29, 0.717) is 0 Å². The molecule has 0 spiro atoms. The van der Waals surface area contributed by atoms with Gasteiger partial charge in [0.05, 0.1) is 11.7 Å². The minimum Gasteiger partial charge on any atom is -0.409 e. The van der Waals surface area contributed by atoms with Crippen molar-refractivity contribution in [2.45, 2.75) is 63.5 Å². The molecule has 0 N–H and O–H groups in total. The van der Waals surface area contributed by atoms with E-state index in [4.69, 9.17) is 4.43 Å². The summed E-state index contributed by atoms with van der Waals surface area (Å²) in [6, 6.07) is 13.8. The number of halogens is 3. The number of fused-ring (bicyclic) bond motifs is 1. The first-order valence-corrected chi connectivity index (χ1v) is 12.2. The molecule has 3 rings (SSSR count). The molecule has 0 saturated heterocycles. The van der Waals surface area contributed by atoms with Crippen LogP contribution in [0.15, 0.2) is 48.5 Å². The second-order valence-electron chi connectivity index (χ2n) is 8.93. The Morgan fingerprint density at radius 3 is 2.07 bits per heavy atom. The Bertz CT molecular complexity index is 804. The van der Waals surface area contributed by atoms with E-state index < -0.39 is 20.1 Å². The average Bonchev–Trinajstić information content (AvgIpc) is 2.91. The molecular formula is C22H27F3OSi. The largest absolute Gasteiger partial charge is 0.416 e. The lowest BCUT2D eigenvalue weighted by atomic mass is 9.93. The van der Waals surface area contributed by atoms with Crippen LogP contribution in [0.25, 0.3) is 0 Å². The summed E-state index contributed by atoms with van der Waals surface area (Å²) in [5, 5.41) is 0.0647. The quantitative estimate of drug-likeness (QED) is 0.506. The number of alkyl halides is 3. The highest BCUT2D eigenvalue weighted by atomic mass is 28.4. The zero-order valence-corrected chi connectivity index (χ0v) is 17.5. The van der Waals surface area contributed by atoms with Gasteiger partial charge < -0.3 is 4.43 Å². The molecule has 2 aromatic rings. The molecule has 0 fully saturated rings. The van der Waals surface area contributed by atoms with E-state index in [2.05, 4.69) is 46.0 Å². The van der Waals surface area contributed by atoms with Gasteiger partial charge in [-0.1, -0.05) is 57.2 Å². The van der Waals surface area contributed by atoms with Crippen molar-refractivity contribution in [3.8, 4) is 0 Å². The van der Waals surface area contributed by atoms with Gasteiger partial charge in [0.15, 0.2) is 8.32 Å². The van der Waals surface area contributed by atoms with Crippen LogP contribution in [0.3, 0.4) is 0 Å². The highest BCUT2D eigenvalue weighted by Crippen LogP contribution is 2.49. The van der Waals surface area contributed by atoms with E-state index in [9.17, 15) is 13.2 Å². The van der Waals surface area contributed by atoms with E-state index in [-0.39, 0.29) is 17.1 Å². The topological polar surface area (TPSA) is 9.23 Å². The summed E-state index contributed by atoms with van der Waals surface area (Å²) >= 11 is 0. The van der Waals surface area contributed by atoms with Crippen LogP contribution in [-0.2, 0) is 17.0 Å². The van der Waals surface area contributed by atoms with Crippen LogP contribution in [0.2, 0.25) is 18.1 Å². The maximum Gasteiger partial charge on any atom is 0.416 e. The zero-order valence-electron chi connectivity index (χ0n) is 16.5. The van der Waals surface area contributed by atoms with Gasteiger partial charge in [-0.15, -0.1) is 0 Å². The van der Waals surface area contributed by atoms with Gasteiger partial charge in [-0.05, 0) is 53.4 Å². The first-order valence-electron chi connectivity index (χ1n) is 9.33. The third-order valence-corrected chi connectivity index (χ3v) is 10.5. The molecule has 0 bridgehead atoms. The summed E-state index contributed by atoms with van der Waals surface area (Å²) in [5.74, 6) is 0.0406. The van der Waals surface area contributed by atoms with E-state index in [0.717, 1.165) is 12.0 Å². The molecular weight excluding hydrogens is 365 g/mol. The van der Waals surface area contributed by atoms with Crippen LogP contribution in [-0.4, -0.2) is 8.32 Å². The maximum absolute atomic E-state index is 12.9. The number of benzene rings is 2. The molecule has 0 aromatic heterocycles. The first kappa shape index (κ1) is 20.1. The fourth-order valence-electron chi connectivity index (χ4n) is 3.41. The molecule has 1 aliphatic carbocycles. The van der Waals surface area contributed by atoms with Crippen LogP contribution >= 0.6 is 0 Å². The third-order valence-electron chi connectivity index (χ3n) is 6.06. The second-order valence-corrected chi connectivity index (χ2v) is 13.7. The van der Waals surface area contributed by atoms with E-state index >= 15 is 0 Å². The van der Waals surface area contributed by atoms with Gasteiger partial charge >= 0.3 is 6.18 Å². The second kappa shape index (κ2) is 6.78. The van der Waals surface area contributed by atoms with Crippen molar-refractivity contribution >= 4 is 8.32 Å². The SMILES string of the molecule is CC(C)(C)[Si](C)(C)O[C@@H]1c2ccccc2C[C@H]1c1ccc(C(F)(F)F)cc1. The minimum absolute atomic E-state index is 0.0406. The summed E-state index contributed by atoms with van der Waals surface area (Å²) in [7, 11) is -2.03. The lowest BCUT2D eigenvalue weighted by Gasteiger charge is -2.40. The Kier molecular flexibility index (Phi) is 5.06. The number of hydrogen-bond donors (Lipinski definition) is 0. The smallest absolute Gasteiger partial charge is 0.409 e. The predicted octanol–water partition coefficient (Wildman–Crippen LogP) is 7.11. The standard InChI is InChI=1S/C22H27F3OSi/c1-21(2,3)27(4,5)26-20-18-9-7-6-8-16(18)14-19(20)15-10-12-17(13-11-15)22(23,24)25/h6-13,19-20H,14H2,1-5H3/t19-,20+/m0/s1. The summed E-state index contributed by atoms with van der Waals surface area (Å²) in [6.07, 6.45) is -3.63. The molecule has 1 nitrogen and oxygen atoms in total. The lowest BCUT2D eigenvalue weighted by molar-refractivity contribution is -0.137. The van der Waals surface area contributed by atoms with Gasteiger partial charge in [-0.3, -0.25) is 0 Å². The van der Waals surface area contributed by atoms with Crippen molar-refractivity contribution in [3.63, 3.8) is 0 Å². The Hall–Kier alpha value is -1.59. The van der Waals surface area contributed by atoms with Crippen molar-refractivity contribution in [2.24, 2.45) is 0 Å². The van der Waals surface area contributed by atoms with Crippen molar-refractivity contribution < 1.29 is 17.6 Å². The zero-order chi connectivity index (χ0) is 20.0. The van der Waals surface area contributed by atoms with Gasteiger partial charge in [0.2, 0.25) is 0 Å². The van der Waals surface area contributed by atoms with Crippen molar-refractivity contribution in [3.05, 3.63) is 70.8 Å². The normalized spacial score (nSPS) is 20.6. The lowest BCUT2D eigenvalue weighted by Crippen LogP contribution is -2.42. The molecule has 27 heavy (non-hydrogen) atoms. The summed E-state index contributed by atoms with van der Waals surface area (Å²) in [5.41, 5.74) is 2.70. The molecule has 0 radical (unpaired) electrons. The van der Waals surface area contributed by atoms with Crippen molar-refractivity contribution in [1.82, 2.24) is 0 Å². The van der Waals surface area contributed by atoms with Gasteiger partial charge in [0.1, 0.15) is 0 Å². The summed E-state index contributed by atoms with van der Waals surface area (Å²) in [6.45, 7) is 11.0. The van der Waals surface area contributed by atoms with Crippen molar-refractivity contribution in [1.29, 1.82) is 0 Å². The monoisotopic (exact) mass is 392 g/mol. The minimum atomic E-state index is -4.31. The van der Waals surface area contributed by atoms with Gasteiger partial charge in [0.25, 0.3) is 0 Å². The maximum atomic E-state index is 12.9. The highest BCUT2D eigenvalue weighted by Gasteiger charge is 2.44. The molecule has 5 heteroatoms. The summed E-state index contributed by atoms with van der Waals surface area (Å²) < 4.78 is 45.5. The van der Waals surface area contributed by atoms with Gasteiger partial charge in [-0.2, -0.15) is 13.2 Å². The molecule has 0 unspecified atom stereocenters. The third kappa shape index (κ3) is 3.99. The molecule has 0 heterocycles. The van der Waals surface area contributed by atoms with E-state index in [1.165, 1.54) is 23.3 Å². The van der Waals surface area contributed by atoms with Crippen LogP contribution in [0, 0.1) is 0 Å². The van der Waals surface area contributed by atoms with Gasteiger partial charge in [0, 0.05) is 5.92 Å². The van der Waals surface area contributed by atoms with Gasteiger partial charge in [-0.25, -0.2) is 0 Å². The predicted molar refractivity (Wildman–Crippen MR) is 105 cm³/mol. The van der Waals surface area contributed by atoms with Crippen LogP contribution in [0.4, 0.5) is 13.2 Å². The molecule has 0 saturated carbocycles. The molecule has 0 aliphatic heterocycles. The summed E-state index contributed by atoms with van der Waals surface area (Å²) in [4.78, 5) is 0. The Morgan fingerprint density at radius 2 is 1.52 bits per heavy atom.